The zero-order valence-electron chi connectivity index (χ0n) is 18.1. The number of nitrogens with one attached hydrogen (secondary N) is 2. The third-order valence-corrected chi connectivity index (χ3v) is 5.62. The predicted molar refractivity (Wildman–Crippen MR) is 124 cm³/mol. The fourth-order valence-electron chi connectivity index (χ4n) is 2.74. The molecule has 2 rings (SSSR count). The number of hydrogen-bond acceptors (Lipinski definition) is 4. The van der Waals surface area contributed by atoms with Crippen molar-refractivity contribution in [2.24, 2.45) is 4.99 Å². The van der Waals surface area contributed by atoms with E-state index in [1.54, 1.807) is 0 Å². The van der Waals surface area contributed by atoms with Crippen LogP contribution in [-0.4, -0.2) is 48.8 Å². The fourth-order valence-corrected chi connectivity index (χ4v) is 3.72. The van der Waals surface area contributed by atoms with Gasteiger partial charge in [0.2, 0.25) is 0 Å². The second-order valence-electron chi connectivity index (χ2n) is 6.64. The van der Waals surface area contributed by atoms with Gasteiger partial charge in [0, 0.05) is 35.9 Å². The van der Waals surface area contributed by atoms with Crippen LogP contribution >= 0.6 is 0 Å². The van der Waals surface area contributed by atoms with E-state index in [0.29, 0.717) is 44.6 Å². The molecule has 0 saturated heterocycles. The lowest BCUT2D eigenvalue weighted by molar-refractivity contribution is 0.110. The first-order valence-corrected chi connectivity index (χ1v) is 11.7. The van der Waals surface area contributed by atoms with E-state index in [1.807, 2.05) is 63.2 Å². The first-order valence-electron chi connectivity index (χ1n) is 10.4. The first kappa shape index (κ1) is 23.9. The van der Waals surface area contributed by atoms with Crippen molar-refractivity contribution in [2.75, 3.05) is 38.7 Å². The molecule has 2 aromatic carbocycles. The van der Waals surface area contributed by atoms with Gasteiger partial charge in [-0.2, -0.15) is 0 Å². The largest absolute Gasteiger partial charge is 0.491 e. The highest BCUT2D eigenvalue weighted by atomic mass is 32.2. The van der Waals surface area contributed by atoms with Crippen LogP contribution in [0.1, 0.15) is 25.0 Å². The van der Waals surface area contributed by atoms with Gasteiger partial charge in [-0.05, 0) is 44.5 Å². The third-order valence-electron chi connectivity index (χ3n) is 4.25. The molecule has 1 unspecified atom stereocenters. The molecule has 0 radical (unpaired) electrons. The highest BCUT2D eigenvalue weighted by Gasteiger charge is 2.07. The second-order valence-corrected chi connectivity index (χ2v) is 8.21. The van der Waals surface area contributed by atoms with E-state index in [4.69, 9.17) is 9.47 Å². The van der Waals surface area contributed by atoms with Crippen LogP contribution in [0.25, 0.3) is 0 Å². The number of aryl methyl sites for hydroxylation is 1. The minimum Gasteiger partial charge on any atom is -0.491 e. The number of rotatable bonds is 12. The van der Waals surface area contributed by atoms with Crippen LogP contribution in [0.15, 0.2) is 58.4 Å². The lowest BCUT2D eigenvalue weighted by Crippen LogP contribution is -2.39. The minimum atomic E-state index is -1.03. The molecule has 0 aliphatic rings. The van der Waals surface area contributed by atoms with Gasteiger partial charge in [-0.15, -0.1) is 0 Å². The van der Waals surface area contributed by atoms with E-state index < -0.39 is 10.8 Å². The molecule has 6 nitrogen and oxygen atoms in total. The molecule has 7 heteroatoms. The molecule has 0 bridgehead atoms. The average Bonchev–Trinajstić information content (AvgIpc) is 2.76. The Morgan fingerprint density at radius 1 is 1.07 bits per heavy atom. The number of benzene rings is 2. The highest BCUT2D eigenvalue weighted by molar-refractivity contribution is 7.85. The quantitative estimate of drug-likeness (QED) is 0.307. The van der Waals surface area contributed by atoms with Gasteiger partial charge in [-0.1, -0.05) is 30.3 Å². The summed E-state index contributed by atoms with van der Waals surface area (Å²) in [6.07, 6.45) is 0. The second kappa shape index (κ2) is 13.8. The Morgan fingerprint density at radius 3 is 2.60 bits per heavy atom. The van der Waals surface area contributed by atoms with E-state index in [9.17, 15) is 4.21 Å². The Bertz CT molecular complexity index is 813. The zero-order chi connectivity index (χ0) is 21.6. The standard InChI is InChI=1S/C23H33N3O3S/c1-4-24-23(25-13-16-30(27)21-9-7-6-8-10-21)26-18-20-12-11-19(3)17-22(20)29-15-14-28-5-2/h6-12,17H,4-5,13-16,18H2,1-3H3,(H2,24,25,26). The van der Waals surface area contributed by atoms with Crippen LogP contribution in [-0.2, 0) is 22.1 Å². The first-order chi connectivity index (χ1) is 14.6. The van der Waals surface area contributed by atoms with Crippen LogP contribution in [0.4, 0.5) is 0 Å². The molecule has 0 fully saturated rings. The van der Waals surface area contributed by atoms with E-state index in [2.05, 4.69) is 21.7 Å². The molecular weight excluding hydrogens is 398 g/mol. The third kappa shape index (κ3) is 8.55. The maximum Gasteiger partial charge on any atom is 0.191 e. The van der Waals surface area contributed by atoms with Crippen molar-refractivity contribution in [3.63, 3.8) is 0 Å². The summed E-state index contributed by atoms with van der Waals surface area (Å²) < 4.78 is 23.6. The molecule has 0 aliphatic heterocycles. The van der Waals surface area contributed by atoms with Gasteiger partial charge >= 0.3 is 0 Å². The van der Waals surface area contributed by atoms with Gasteiger partial charge in [0.25, 0.3) is 0 Å². The normalized spacial score (nSPS) is 12.4. The van der Waals surface area contributed by atoms with E-state index >= 15 is 0 Å². The van der Waals surface area contributed by atoms with Crippen LogP contribution in [0.5, 0.6) is 5.75 Å². The van der Waals surface area contributed by atoms with Crippen molar-refractivity contribution in [2.45, 2.75) is 32.2 Å². The molecule has 2 N–H and O–H groups in total. The number of aliphatic imine (C=N–C) groups is 1. The van der Waals surface area contributed by atoms with Crippen molar-refractivity contribution >= 4 is 16.8 Å². The van der Waals surface area contributed by atoms with E-state index in [0.717, 1.165) is 28.3 Å². The summed E-state index contributed by atoms with van der Waals surface area (Å²) in [4.78, 5) is 5.51. The van der Waals surface area contributed by atoms with Crippen LogP contribution in [0.2, 0.25) is 0 Å². The maximum absolute atomic E-state index is 12.4. The molecule has 0 spiro atoms. The van der Waals surface area contributed by atoms with Crippen LogP contribution < -0.4 is 15.4 Å². The number of guanidine groups is 1. The topological polar surface area (TPSA) is 72.0 Å². The summed E-state index contributed by atoms with van der Waals surface area (Å²) in [6, 6.07) is 15.6. The van der Waals surface area contributed by atoms with Gasteiger partial charge in [0.15, 0.2) is 5.96 Å². The van der Waals surface area contributed by atoms with Crippen LogP contribution in [0, 0.1) is 6.92 Å². The van der Waals surface area contributed by atoms with Gasteiger partial charge in [0.05, 0.1) is 24.0 Å². The summed E-state index contributed by atoms with van der Waals surface area (Å²) in [5, 5.41) is 6.50. The number of ether oxygens (including phenoxy) is 2. The Balaban J connectivity index is 1.94. The zero-order valence-corrected chi connectivity index (χ0v) is 19.0. The van der Waals surface area contributed by atoms with Crippen molar-refractivity contribution in [3.8, 4) is 5.75 Å². The van der Waals surface area contributed by atoms with Gasteiger partial charge in [-0.25, -0.2) is 4.99 Å². The summed E-state index contributed by atoms with van der Waals surface area (Å²) in [6.45, 7) is 9.60. The molecular formula is C23H33N3O3S. The summed E-state index contributed by atoms with van der Waals surface area (Å²) in [7, 11) is -1.03. The van der Waals surface area contributed by atoms with Crippen molar-refractivity contribution in [1.29, 1.82) is 0 Å². The Labute approximate surface area is 182 Å². The average molecular weight is 432 g/mol. The molecule has 0 saturated carbocycles. The monoisotopic (exact) mass is 431 g/mol. The van der Waals surface area contributed by atoms with Crippen molar-refractivity contribution < 1.29 is 13.7 Å². The SMILES string of the molecule is CCNC(=NCc1ccc(C)cc1OCCOCC)NCCS(=O)c1ccccc1. The molecule has 0 aromatic heterocycles. The number of hydrogen-bond donors (Lipinski definition) is 2. The van der Waals surface area contributed by atoms with Crippen molar-refractivity contribution in [1.82, 2.24) is 10.6 Å². The molecule has 30 heavy (non-hydrogen) atoms. The lowest BCUT2D eigenvalue weighted by atomic mass is 10.1. The Hall–Kier alpha value is -2.38. The Kier molecular flexibility index (Phi) is 11.0. The highest BCUT2D eigenvalue weighted by Crippen LogP contribution is 2.21. The minimum absolute atomic E-state index is 0.487. The van der Waals surface area contributed by atoms with Gasteiger partial charge < -0.3 is 20.1 Å². The molecule has 0 aliphatic carbocycles. The molecule has 0 heterocycles. The van der Waals surface area contributed by atoms with Gasteiger partial charge in [-0.3, -0.25) is 4.21 Å². The molecule has 0 amide bonds. The molecule has 1 atom stereocenters. The summed E-state index contributed by atoms with van der Waals surface area (Å²) >= 11 is 0. The van der Waals surface area contributed by atoms with Crippen LogP contribution in [0.3, 0.4) is 0 Å². The van der Waals surface area contributed by atoms with E-state index in [-0.39, 0.29) is 0 Å². The Morgan fingerprint density at radius 2 is 1.87 bits per heavy atom. The van der Waals surface area contributed by atoms with Gasteiger partial charge in [0.1, 0.15) is 12.4 Å². The molecule has 164 valence electrons. The van der Waals surface area contributed by atoms with Crippen molar-refractivity contribution in [3.05, 3.63) is 59.7 Å². The summed E-state index contributed by atoms with van der Waals surface area (Å²) in [5.74, 6) is 2.05. The maximum atomic E-state index is 12.4. The lowest BCUT2D eigenvalue weighted by Gasteiger charge is -2.14. The predicted octanol–water partition coefficient (Wildman–Crippen LogP) is 3.27. The summed E-state index contributed by atoms with van der Waals surface area (Å²) in [5.41, 5.74) is 2.16. The fraction of sp³-hybridized carbons (Fsp3) is 0.435. The smallest absolute Gasteiger partial charge is 0.191 e. The molecule has 2 aromatic rings. The van der Waals surface area contributed by atoms with E-state index in [1.165, 1.54) is 0 Å². The number of nitrogens with zero attached hydrogens (tertiary/aromatic N) is 1.